The second-order valence-corrected chi connectivity index (χ2v) is 7.21. The Balaban J connectivity index is 2.03. The van der Waals surface area contributed by atoms with Gasteiger partial charge in [-0.15, -0.1) is 0 Å². The van der Waals surface area contributed by atoms with Gasteiger partial charge in [-0.2, -0.15) is 0 Å². The predicted molar refractivity (Wildman–Crippen MR) is 106 cm³/mol. The van der Waals surface area contributed by atoms with Crippen molar-refractivity contribution in [3.8, 4) is 0 Å². The molecule has 2 aromatic heterocycles. The van der Waals surface area contributed by atoms with E-state index in [1.165, 1.54) is 22.1 Å². The Hall–Kier alpha value is -2.67. The number of hydrogen-bond donors (Lipinski definition) is 1. The zero-order valence-corrected chi connectivity index (χ0v) is 16.5. The molecule has 0 saturated heterocycles. The molecule has 2 heterocycles. The summed E-state index contributed by atoms with van der Waals surface area (Å²) in [6, 6.07) is 10.3. The van der Waals surface area contributed by atoms with E-state index < -0.39 is 0 Å². The van der Waals surface area contributed by atoms with Crippen LogP contribution in [0.3, 0.4) is 0 Å². The molecule has 0 bridgehead atoms. The molecule has 27 heavy (non-hydrogen) atoms. The van der Waals surface area contributed by atoms with E-state index >= 15 is 0 Å². The molecule has 3 rings (SSSR count). The zero-order valence-electron chi connectivity index (χ0n) is 16.5. The number of unbranched alkanes of at least 4 members (excludes halogenated alkanes) is 1. The third-order valence-electron chi connectivity index (χ3n) is 4.97. The number of quaternary nitrogens is 1. The number of imidazole rings is 1. The number of hydrogen-bond acceptors (Lipinski definition) is 3. The summed E-state index contributed by atoms with van der Waals surface area (Å²) in [5.74, 6) is 0.852. The van der Waals surface area contributed by atoms with Gasteiger partial charge >= 0.3 is 5.69 Å². The molecule has 0 spiro atoms. The highest BCUT2D eigenvalue weighted by Gasteiger charge is 2.20. The lowest BCUT2D eigenvalue weighted by Gasteiger charge is -2.15. The summed E-state index contributed by atoms with van der Waals surface area (Å²) in [7, 11) is 5.31. The van der Waals surface area contributed by atoms with Crippen LogP contribution in [0, 0.1) is 0 Å². The Labute approximate surface area is 158 Å². The van der Waals surface area contributed by atoms with Gasteiger partial charge in [0.2, 0.25) is 0 Å². The van der Waals surface area contributed by atoms with Crippen molar-refractivity contribution in [3.63, 3.8) is 0 Å². The van der Waals surface area contributed by atoms with E-state index in [9.17, 15) is 9.59 Å². The van der Waals surface area contributed by atoms with E-state index in [0.717, 1.165) is 36.3 Å². The van der Waals surface area contributed by atoms with E-state index in [4.69, 9.17) is 4.98 Å². The maximum Gasteiger partial charge on any atom is 0.332 e. The first-order chi connectivity index (χ1) is 12.9. The lowest BCUT2D eigenvalue weighted by atomic mass is 10.2. The molecule has 1 aromatic carbocycles. The monoisotopic (exact) mass is 370 g/mol. The number of nitrogens with one attached hydrogen (secondary N) is 1. The van der Waals surface area contributed by atoms with Crippen molar-refractivity contribution in [3.05, 3.63) is 62.6 Å². The number of fused-ring (bicyclic) bond motifs is 1. The van der Waals surface area contributed by atoms with Crippen molar-refractivity contribution in [2.24, 2.45) is 14.1 Å². The normalized spacial score (nSPS) is 12.6. The standard InChI is InChI=1S/C20H27N5O2/c1-5-6-12-25-16(14-22(2)13-15-10-8-7-9-11-15)21-18-17(25)19(26)24(4)20(27)23(18)3/h7-11H,5-6,12-14H2,1-4H3/p+1. The van der Waals surface area contributed by atoms with Crippen molar-refractivity contribution in [2.45, 2.75) is 39.4 Å². The van der Waals surface area contributed by atoms with E-state index in [1.54, 1.807) is 7.05 Å². The van der Waals surface area contributed by atoms with Gasteiger partial charge in [0, 0.05) is 26.2 Å². The molecule has 0 aliphatic carbocycles. The average Bonchev–Trinajstić information content (AvgIpc) is 3.01. The fourth-order valence-electron chi connectivity index (χ4n) is 3.46. The number of benzene rings is 1. The van der Waals surface area contributed by atoms with Crippen LogP contribution in [0.15, 0.2) is 39.9 Å². The van der Waals surface area contributed by atoms with E-state index in [1.807, 2.05) is 22.8 Å². The summed E-state index contributed by atoms with van der Waals surface area (Å²) in [6.07, 6.45) is 1.99. The predicted octanol–water partition coefficient (Wildman–Crippen LogP) is 0.449. The van der Waals surface area contributed by atoms with E-state index in [2.05, 4.69) is 26.1 Å². The summed E-state index contributed by atoms with van der Waals surface area (Å²) in [6.45, 7) is 4.41. The van der Waals surface area contributed by atoms with Gasteiger partial charge in [0.1, 0.15) is 13.1 Å². The molecule has 1 N–H and O–H groups in total. The smallest absolute Gasteiger partial charge is 0.327 e. The van der Waals surface area contributed by atoms with Crippen molar-refractivity contribution in [1.82, 2.24) is 18.7 Å². The fourth-order valence-corrected chi connectivity index (χ4v) is 3.46. The van der Waals surface area contributed by atoms with Crippen molar-refractivity contribution in [1.29, 1.82) is 0 Å². The summed E-state index contributed by atoms with van der Waals surface area (Å²) in [5.41, 5.74) is 1.64. The van der Waals surface area contributed by atoms with Gasteiger partial charge in [-0.1, -0.05) is 43.7 Å². The summed E-state index contributed by atoms with van der Waals surface area (Å²) >= 11 is 0. The fraction of sp³-hybridized carbons (Fsp3) is 0.450. The molecule has 7 nitrogen and oxygen atoms in total. The Bertz CT molecular complexity index is 1050. The number of aromatic nitrogens is 4. The number of aryl methyl sites for hydroxylation is 2. The lowest BCUT2D eigenvalue weighted by Crippen LogP contribution is -3.06. The lowest BCUT2D eigenvalue weighted by molar-refractivity contribution is -0.908. The zero-order chi connectivity index (χ0) is 19.6. The molecule has 0 fully saturated rings. The minimum atomic E-state index is -0.343. The first-order valence-corrected chi connectivity index (χ1v) is 9.44. The highest BCUT2D eigenvalue weighted by Crippen LogP contribution is 2.12. The van der Waals surface area contributed by atoms with Crippen LogP contribution in [0.1, 0.15) is 31.2 Å². The quantitative estimate of drug-likeness (QED) is 0.657. The van der Waals surface area contributed by atoms with Crippen LogP contribution in [0.5, 0.6) is 0 Å². The van der Waals surface area contributed by atoms with Crippen molar-refractivity contribution < 1.29 is 4.90 Å². The Morgan fingerprint density at radius 1 is 1.04 bits per heavy atom. The first kappa shape index (κ1) is 19.1. The molecule has 3 aromatic rings. The van der Waals surface area contributed by atoms with E-state index in [0.29, 0.717) is 17.7 Å². The first-order valence-electron chi connectivity index (χ1n) is 9.44. The molecule has 0 aliphatic heterocycles. The van der Waals surface area contributed by atoms with Gasteiger partial charge in [-0.3, -0.25) is 13.9 Å². The summed E-state index contributed by atoms with van der Waals surface area (Å²) in [5, 5.41) is 0. The molecular formula is C20H28N5O2+. The highest BCUT2D eigenvalue weighted by atomic mass is 16.2. The molecule has 0 amide bonds. The second kappa shape index (κ2) is 7.92. The third kappa shape index (κ3) is 3.73. The van der Waals surface area contributed by atoms with Crippen LogP contribution in [0.2, 0.25) is 0 Å². The molecule has 144 valence electrons. The molecule has 0 aliphatic rings. The Morgan fingerprint density at radius 2 is 1.74 bits per heavy atom. The maximum absolute atomic E-state index is 12.8. The van der Waals surface area contributed by atoms with Crippen LogP contribution < -0.4 is 16.1 Å². The van der Waals surface area contributed by atoms with Crippen LogP contribution in [-0.2, 0) is 33.7 Å². The average molecular weight is 370 g/mol. The van der Waals surface area contributed by atoms with Gasteiger partial charge in [0.05, 0.1) is 7.05 Å². The van der Waals surface area contributed by atoms with Gasteiger partial charge in [-0.05, 0) is 6.42 Å². The molecule has 0 saturated carbocycles. The van der Waals surface area contributed by atoms with Gasteiger partial charge in [0.15, 0.2) is 17.0 Å². The van der Waals surface area contributed by atoms with E-state index in [-0.39, 0.29) is 11.2 Å². The number of nitrogens with zero attached hydrogens (tertiary/aromatic N) is 4. The molecule has 1 atom stereocenters. The largest absolute Gasteiger partial charge is 0.332 e. The Morgan fingerprint density at radius 3 is 2.41 bits per heavy atom. The Kier molecular flexibility index (Phi) is 5.60. The minimum absolute atomic E-state index is 0.274. The summed E-state index contributed by atoms with van der Waals surface area (Å²) < 4.78 is 4.64. The minimum Gasteiger partial charge on any atom is -0.327 e. The van der Waals surface area contributed by atoms with Crippen LogP contribution in [0.4, 0.5) is 0 Å². The molecule has 0 radical (unpaired) electrons. The number of rotatable bonds is 7. The van der Waals surface area contributed by atoms with Crippen LogP contribution >= 0.6 is 0 Å². The topological polar surface area (TPSA) is 66.3 Å². The SMILES string of the molecule is CCCCn1c(C[NH+](C)Cc2ccccc2)nc2c1c(=O)n(C)c(=O)n2C. The maximum atomic E-state index is 12.8. The molecular weight excluding hydrogens is 342 g/mol. The van der Waals surface area contributed by atoms with Crippen molar-refractivity contribution >= 4 is 11.2 Å². The van der Waals surface area contributed by atoms with Gasteiger partial charge in [-0.25, -0.2) is 9.78 Å². The third-order valence-corrected chi connectivity index (χ3v) is 4.97. The van der Waals surface area contributed by atoms with Gasteiger partial charge < -0.3 is 9.47 Å². The summed E-state index contributed by atoms with van der Waals surface area (Å²) in [4.78, 5) is 31.0. The highest BCUT2D eigenvalue weighted by molar-refractivity contribution is 5.71. The van der Waals surface area contributed by atoms with Crippen LogP contribution in [-0.4, -0.2) is 25.7 Å². The molecule has 7 heteroatoms. The van der Waals surface area contributed by atoms with Gasteiger partial charge in [0.25, 0.3) is 5.56 Å². The van der Waals surface area contributed by atoms with Crippen molar-refractivity contribution in [2.75, 3.05) is 7.05 Å². The molecule has 1 unspecified atom stereocenters. The van der Waals surface area contributed by atoms with Crippen LogP contribution in [0.25, 0.3) is 11.2 Å². The second-order valence-electron chi connectivity index (χ2n) is 7.21.